The van der Waals surface area contributed by atoms with Gasteiger partial charge in [0.1, 0.15) is 5.52 Å². The van der Waals surface area contributed by atoms with Gasteiger partial charge in [-0.1, -0.05) is 31.5 Å². The van der Waals surface area contributed by atoms with Crippen LogP contribution in [0.4, 0.5) is 5.95 Å². The van der Waals surface area contributed by atoms with Gasteiger partial charge >= 0.3 is 0 Å². The number of rotatable bonds is 10. The summed E-state index contributed by atoms with van der Waals surface area (Å²) in [4.78, 5) is 4.70. The summed E-state index contributed by atoms with van der Waals surface area (Å²) in [6, 6.07) is 13.9. The van der Waals surface area contributed by atoms with Crippen LogP contribution in [-0.2, 0) is 6.54 Å². The predicted octanol–water partition coefficient (Wildman–Crippen LogP) is 5.02. The molecule has 0 radical (unpaired) electrons. The number of fused-ring (bicyclic) bond motifs is 3. The molecule has 0 aliphatic rings. The molecule has 0 spiro atoms. The fourth-order valence-electron chi connectivity index (χ4n) is 3.61. The maximum Gasteiger partial charge on any atom is 0.265 e. The van der Waals surface area contributed by atoms with Crippen LogP contribution in [0.3, 0.4) is 0 Å². The number of anilines is 1. The number of nitrogens with one attached hydrogen (secondary N) is 1. The van der Waals surface area contributed by atoms with E-state index in [4.69, 9.17) is 14.5 Å². The molecule has 2 heterocycles. The summed E-state index contributed by atoms with van der Waals surface area (Å²) in [5.74, 6) is 1.76. The van der Waals surface area contributed by atoms with Crippen LogP contribution in [0.1, 0.15) is 39.2 Å². The Kier molecular flexibility index (Phi) is 6.79. The first-order valence-electron chi connectivity index (χ1n) is 11.1. The molecule has 0 unspecified atom stereocenters. The van der Waals surface area contributed by atoms with Gasteiger partial charge in [0.05, 0.1) is 24.9 Å². The van der Waals surface area contributed by atoms with Crippen molar-refractivity contribution >= 4 is 34.2 Å². The van der Waals surface area contributed by atoms with Crippen LogP contribution in [0.15, 0.2) is 47.6 Å². The van der Waals surface area contributed by atoms with Gasteiger partial charge in [0.15, 0.2) is 17.1 Å². The van der Waals surface area contributed by atoms with Crippen molar-refractivity contribution in [3.63, 3.8) is 0 Å². The van der Waals surface area contributed by atoms with Gasteiger partial charge in [-0.3, -0.25) is 0 Å². The molecule has 166 valence electrons. The number of hydrogen-bond acceptors (Lipinski definition) is 7. The van der Waals surface area contributed by atoms with Crippen LogP contribution in [0, 0.1) is 0 Å². The average Bonchev–Trinajstić information content (AvgIpc) is 3.12. The molecule has 0 amide bonds. The number of hydrogen-bond donors (Lipinski definition) is 1. The first-order chi connectivity index (χ1) is 15.7. The number of aromatic nitrogens is 4. The molecule has 4 rings (SSSR count). The Balaban J connectivity index is 1.59. The maximum absolute atomic E-state index is 5.67. The van der Waals surface area contributed by atoms with Crippen LogP contribution in [0.25, 0.3) is 22.1 Å². The fourth-order valence-corrected chi connectivity index (χ4v) is 3.61. The topological polar surface area (TPSA) is 86.5 Å². The molecule has 8 heteroatoms. The third-order valence-electron chi connectivity index (χ3n) is 5.05. The van der Waals surface area contributed by atoms with E-state index in [1.807, 2.05) is 44.2 Å². The summed E-state index contributed by atoms with van der Waals surface area (Å²) >= 11 is 0. The number of nitrogens with zero attached hydrogens (tertiary/aromatic N) is 5. The van der Waals surface area contributed by atoms with Gasteiger partial charge < -0.3 is 14.0 Å². The number of aryl methyl sites for hydroxylation is 1. The molecular weight excluding hydrogens is 404 g/mol. The SMILES string of the molecule is CCCCn1c2ccccc2c2nnc(N/N=C/c3ccc(OCC)c(OCC)c3)nc21. The van der Waals surface area contributed by atoms with Gasteiger partial charge in [-0.05, 0) is 50.1 Å². The highest BCUT2D eigenvalue weighted by molar-refractivity contribution is 6.04. The van der Waals surface area contributed by atoms with Gasteiger partial charge in [0.2, 0.25) is 0 Å². The van der Waals surface area contributed by atoms with E-state index in [0.29, 0.717) is 24.9 Å². The zero-order chi connectivity index (χ0) is 22.3. The van der Waals surface area contributed by atoms with Crippen LogP contribution in [-0.4, -0.2) is 39.2 Å². The van der Waals surface area contributed by atoms with Crippen molar-refractivity contribution in [1.29, 1.82) is 0 Å². The Morgan fingerprint density at radius 2 is 1.81 bits per heavy atom. The molecule has 0 atom stereocenters. The average molecular weight is 433 g/mol. The summed E-state index contributed by atoms with van der Waals surface area (Å²) in [6.45, 7) is 8.09. The van der Waals surface area contributed by atoms with Crippen LogP contribution < -0.4 is 14.9 Å². The lowest BCUT2D eigenvalue weighted by Crippen LogP contribution is -2.03. The molecule has 0 saturated heterocycles. The van der Waals surface area contributed by atoms with Crippen molar-refractivity contribution in [2.45, 2.75) is 40.2 Å². The summed E-state index contributed by atoms with van der Waals surface area (Å²) in [7, 11) is 0. The van der Waals surface area contributed by atoms with Crippen molar-refractivity contribution in [3.8, 4) is 11.5 Å². The van der Waals surface area contributed by atoms with Gasteiger partial charge in [-0.15, -0.1) is 10.2 Å². The molecule has 0 fully saturated rings. The Bertz CT molecular complexity index is 1230. The van der Waals surface area contributed by atoms with E-state index in [9.17, 15) is 0 Å². The van der Waals surface area contributed by atoms with Crippen LogP contribution >= 0.6 is 0 Å². The number of benzene rings is 2. The smallest absolute Gasteiger partial charge is 0.265 e. The number of hydrazone groups is 1. The largest absolute Gasteiger partial charge is 0.490 e. The van der Waals surface area contributed by atoms with Crippen molar-refractivity contribution in [1.82, 2.24) is 19.7 Å². The quantitative estimate of drug-likeness (QED) is 0.280. The third kappa shape index (κ3) is 4.49. The highest BCUT2D eigenvalue weighted by atomic mass is 16.5. The van der Waals surface area contributed by atoms with Crippen molar-refractivity contribution in [3.05, 3.63) is 48.0 Å². The Morgan fingerprint density at radius 1 is 1.00 bits per heavy atom. The van der Waals surface area contributed by atoms with E-state index < -0.39 is 0 Å². The van der Waals surface area contributed by atoms with E-state index in [1.54, 1.807) is 6.21 Å². The highest BCUT2D eigenvalue weighted by Gasteiger charge is 2.14. The molecule has 32 heavy (non-hydrogen) atoms. The molecule has 2 aromatic carbocycles. The van der Waals surface area contributed by atoms with Gasteiger partial charge in [-0.2, -0.15) is 10.1 Å². The minimum atomic E-state index is 0.352. The number of ether oxygens (including phenoxy) is 2. The standard InChI is InChI=1S/C24H28N6O2/c1-4-7-14-30-19-11-9-8-10-18(19)22-23(30)26-24(29-27-22)28-25-16-17-12-13-20(31-5-2)21(15-17)32-6-3/h8-13,15-16H,4-7,14H2,1-3H3,(H,26,28,29)/b25-16+. The summed E-state index contributed by atoms with van der Waals surface area (Å²) in [5.41, 5.74) is 6.51. The minimum Gasteiger partial charge on any atom is -0.490 e. The van der Waals surface area contributed by atoms with Gasteiger partial charge in [0, 0.05) is 11.9 Å². The van der Waals surface area contributed by atoms with E-state index >= 15 is 0 Å². The zero-order valence-corrected chi connectivity index (χ0v) is 18.7. The normalized spacial score (nSPS) is 11.5. The molecule has 0 saturated carbocycles. The summed E-state index contributed by atoms with van der Waals surface area (Å²) in [6.07, 6.45) is 3.87. The number of para-hydroxylation sites is 1. The van der Waals surface area contributed by atoms with Crippen molar-refractivity contribution < 1.29 is 9.47 Å². The molecule has 8 nitrogen and oxygen atoms in total. The Morgan fingerprint density at radius 3 is 2.62 bits per heavy atom. The predicted molar refractivity (Wildman–Crippen MR) is 128 cm³/mol. The first kappa shape index (κ1) is 21.5. The fraction of sp³-hybridized carbons (Fsp3) is 0.333. The second kappa shape index (κ2) is 10.1. The molecule has 1 N–H and O–H groups in total. The second-order valence-electron chi connectivity index (χ2n) is 7.27. The molecular formula is C24H28N6O2. The van der Waals surface area contributed by atoms with E-state index in [2.05, 4.69) is 44.3 Å². The van der Waals surface area contributed by atoms with Crippen molar-refractivity contribution in [2.24, 2.45) is 5.10 Å². The Labute approximate surface area is 187 Å². The minimum absolute atomic E-state index is 0.352. The lowest BCUT2D eigenvalue weighted by atomic mass is 10.2. The summed E-state index contributed by atoms with van der Waals surface area (Å²) < 4.78 is 13.5. The maximum atomic E-state index is 5.67. The second-order valence-corrected chi connectivity index (χ2v) is 7.27. The van der Waals surface area contributed by atoms with E-state index in [-0.39, 0.29) is 0 Å². The van der Waals surface area contributed by atoms with Gasteiger partial charge in [0.25, 0.3) is 5.95 Å². The zero-order valence-electron chi connectivity index (χ0n) is 18.7. The molecule has 2 aromatic heterocycles. The molecule has 4 aromatic rings. The third-order valence-corrected chi connectivity index (χ3v) is 5.05. The van der Waals surface area contributed by atoms with E-state index in [1.165, 1.54) is 0 Å². The molecule has 0 aliphatic carbocycles. The van der Waals surface area contributed by atoms with Crippen molar-refractivity contribution in [2.75, 3.05) is 18.6 Å². The van der Waals surface area contributed by atoms with Crippen LogP contribution in [0.2, 0.25) is 0 Å². The van der Waals surface area contributed by atoms with Gasteiger partial charge in [-0.25, -0.2) is 5.43 Å². The number of unbranched alkanes of at least 4 members (excludes halogenated alkanes) is 1. The summed E-state index contributed by atoms with van der Waals surface area (Å²) in [5, 5.41) is 14.0. The lowest BCUT2D eigenvalue weighted by Gasteiger charge is -2.11. The lowest BCUT2D eigenvalue weighted by molar-refractivity contribution is 0.288. The highest BCUT2D eigenvalue weighted by Crippen LogP contribution is 2.28. The molecule has 0 bridgehead atoms. The Hall–Kier alpha value is -3.68. The van der Waals surface area contributed by atoms with Crippen LogP contribution in [0.5, 0.6) is 11.5 Å². The molecule has 0 aliphatic heterocycles. The monoisotopic (exact) mass is 432 g/mol. The van der Waals surface area contributed by atoms with E-state index in [0.717, 1.165) is 52.8 Å². The first-order valence-corrected chi connectivity index (χ1v) is 11.1.